The number of benzene rings is 3. The number of nitrogens with two attached hydrogens (primary N) is 1. The van der Waals surface area contributed by atoms with Crippen LogP contribution in [0.5, 0.6) is 5.75 Å². The molecule has 10 nitrogen and oxygen atoms in total. The molecule has 48 heavy (non-hydrogen) atoms. The molecule has 8 rings (SSSR count). The maximum absolute atomic E-state index is 13.0. The van der Waals surface area contributed by atoms with E-state index in [2.05, 4.69) is 62.4 Å². The zero-order chi connectivity index (χ0) is 32.8. The standard InChI is InChI=1S/C37H31N7O3S/c1-22-17-32-39-20-27-18-29(24-5-3-2-4-6-24)33(41-35(27)44(32)42-22)25-9-7-23(8-10-25)21-43-15-13-26(14-16-43)37(46)47-28-11-12-31-30(19-28)40-36(48-31)34(38)45/h2-12,17-20,26H,13-16,21H2,1H3,(H2,38,45). The molecule has 1 amide bonds. The molecule has 2 N–H and O–H groups in total. The number of carbonyl (C=O) groups is 2. The van der Waals surface area contributed by atoms with E-state index in [9.17, 15) is 9.59 Å². The van der Waals surface area contributed by atoms with E-state index in [-0.39, 0.29) is 16.9 Å². The number of piperidine rings is 1. The first kappa shape index (κ1) is 29.9. The predicted molar refractivity (Wildman–Crippen MR) is 186 cm³/mol. The Bertz CT molecular complexity index is 2330. The summed E-state index contributed by atoms with van der Waals surface area (Å²) < 4.78 is 8.34. The number of hydrogen-bond donors (Lipinski definition) is 1. The Labute approximate surface area is 279 Å². The van der Waals surface area contributed by atoms with Crippen LogP contribution >= 0.6 is 11.3 Å². The molecule has 7 aromatic rings. The zero-order valence-corrected chi connectivity index (χ0v) is 27.0. The van der Waals surface area contributed by atoms with Gasteiger partial charge in [0.1, 0.15) is 5.75 Å². The molecule has 4 aromatic heterocycles. The van der Waals surface area contributed by atoms with E-state index >= 15 is 0 Å². The Hall–Kier alpha value is -5.52. The molecule has 1 aliphatic heterocycles. The zero-order valence-electron chi connectivity index (χ0n) is 26.2. The summed E-state index contributed by atoms with van der Waals surface area (Å²) in [6, 6.07) is 28.2. The second kappa shape index (κ2) is 12.3. The van der Waals surface area contributed by atoms with Crippen molar-refractivity contribution in [2.24, 2.45) is 11.7 Å². The van der Waals surface area contributed by atoms with Crippen LogP contribution in [0, 0.1) is 12.8 Å². The quantitative estimate of drug-likeness (QED) is 0.154. The van der Waals surface area contributed by atoms with Crippen LogP contribution in [0.3, 0.4) is 0 Å². The number of primary amides is 1. The summed E-state index contributed by atoms with van der Waals surface area (Å²) in [5.41, 5.74) is 13.6. The molecule has 0 aliphatic carbocycles. The highest BCUT2D eigenvalue weighted by molar-refractivity contribution is 7.20. The molecule has 0 radical (unpaired) electrons. The summed E-state index contributed by atoms with van der Waals surface area (Å²) in [6.45, 7) is 4.35. The summed E-state index contributed by atoms with van der Waals surface area (Å²) >= 11 is 1.22. The van der Waals surface area contributed by atoms with Crippen LogP contribution in [0.2, 0.25) is 0 Å². The highest BCUT2D eigenvalue weighted by atomic mass is 32.1. The van der Waals surface area contributed by atoms with Crippen LogP contribution in [-0.2, 0) is 11.3 Å². The van der Waals surface area contributed by atoms with Gasteiger partial charge in [0, 0.05) is 41.4 Å². The highest BCUT2D eigenvalue weighted by Gasteiger charge is 2.27. The van der Waals surface area contributed by atoms with Gasteiger partial charge in [-0.2, -0.15) is 9.61 Å². The summed E-state index contributed by atoms with van der Waals surface area (Å²) in [5.74, 6) is -0.555. The number of fused-ring (bicyclic) bond motifs is 4. The Balaban J connectivity index is 0.961. The van der Waals surface area contributed by atoms with Gasteiger partial charge in [0.05, 0.1) is 27.5 Å². The van der Waals surface area contributed by atoms with Crippen molar-refractivity contribution in [3.8, 4) is 28.1 Å². The molecule has 1 saturated heterocycles. The van der Waals surface area contributed by atoms with Crippen LogP contribution in [-0.4, -0.2) is 54.4 Å². The topological polar surface area (TPSA) is 129 Å². The van der Waals surface area contributed by atoms with E-state index in [1.807, 2.05) is 41.9 Å². The lowest BCUT2D eigenvalue weighted by Crippen LogP contribution is -2.37. The predicted octanol–water partition coefficient (Wildman–Crippen LogP) is 6.45. The maximum atomic E-state index is 13.0. The van der Waals surface area contributed by atoms with Gasteiger partial charge in [-0.3, -0.25) is 14.5 Å². The molecule has 0 spiro atoms. The fourth-order valence-electron chi connectivity index (χ4n) is 6.34. The molecule has 0 unspecified atom stereocenters. The average molecular weight is 654 g/mol. The number of likely N-dealkylation sites (tertiary alicyclic amines) is 1. The summed E-state index contributed by atoms with van der Waals surface area (Å²) in [4.78, 5) is 40.8. The van der Waals surface area contributed by atoms with Crippen LogP contribution < -0.4 is 10.5 Å². The number of aryl methyl sites for hydroxylation is 1. The van der Waals surface area contributed by atoms with Crippen molar-refractivity contribution in [3.05, 3.63) is 107 Å². The van der Waals surface area contributed by atoms with Gasteiger partial charge >= 0.3 is 5.97 Å². The first-order valence-electron chi connectivity index (χ1n) is 15.8. The van der Waals surface area contributed by atoms with Crippen molar-refractivity contribution >= 4 is 50.1 Å². The van der Waals surface area contributed by atoms with E-state index in [0.29, 0.717) is 11.3 Å². The third-order valence-electron chi connectivity index (χ3n) is 8.81. The lowest BCUT2D eigenvalue weighted by atomic mass is 9.96. The second-order valence-corrected chi connectivity index (χ2v) is 13.2. The number of hydrogen-bond acceptors (Lipinski definition) is 9. The molecule has 0 saturated carbocycles. The van der Waals surface area contributed by atoms with Crippen molar-refractivity contribution in [1.29, 1.82) is 0 Å². The number of carbonyl (C=O) groups excluding carboxylic acids is 2. The minimum absolute atomic E-state index is 0.174. The van der Waals surface area contributed by atoms with Gasteiger partial charge in [0.2, 0.25) is 0 Å². The van der Waals surface area contributed by atoms with E-state index in [1.165, 1.54) is 16.9 Å². The Morgan fingerprint density at radius 2 is 1.73 bits per heavy atom. The van der Waals surface area contributed by atoms with Crippen LogP contribution in [0.15, 0.2) is 91.1 Å². The lowest BCUT2D eigenvalue weighted by Gasteiger charge is -2.30. The third-order valence-corrected chi connectivity index (χ3v) is 9.86. The monoisotopic (exact) mass is 653 g/mol. The second-order valence-electron chi connectivity index (χ2n) is 12.2. The first-order chi connectivity index (χ1) is 23.4. The molecule has 0 atom stereocenters. The molecule has 0 bridgehead atoms. The Morgan fingerprint density at radius 3 is 2.50 bits per heavy atom. The smallest absolute Gasteiger partial charge is 0.314 e. The minimum atomic E-state index is -0.569. The molecule has 5 heterocycles. The normalized spacial score (nSPS) is 14.2. The van der Waals surface area contributed by atoms with Gasteiger partial charge in [-0.15, -0.1) is 11.3 Å². The fourth-order valence-corrected chi connectivity index (χ4v) is 7.14. The molecular formula is C37H31N7O3S. The average Bonchev–Trinajstić information content (AvgIpc) is 3.72. The van der Waals surface area contributed by atoms with Crippen LogP contribution in [0.4, 0.5) is 0 Å². The molecule has 3 aromatic carbocycles. The Morgan fingerprint density at radius 1 is 0.938 bits per heavy atom. The number of thiazole rings is 1. The van der Waals surface area contributed by atoms with Gasteiger partial charge < -0.3 is 10.5 Å². The first-order valence-corrected chi connectivity index (χ1v) is 16.6. The number of amides is 1. The molecule has 238 valence electrons. The Kier molecular flexibility index (Phi) is 7.62. The van der Waals surface area contributed by atoms with Crippen LogP contribution in [0.25, 0.3) is 49.3 Å². The van der Waals surface area contributed by atoms with Gasteiger partial charge in [0.15, 0.2) is 16.3 Å². The van der Waals surface area contributed by atoms with Gasteiger partial charge in [0.25, 0.3) is 5.91 Å². The molecule has 1 aliphatic rings. The third kappa shape index (κ3) is 5.78. The summed E-state index contributed by atoms with van der Waals surface area (Å²) in [7, 11) is 0. The number of rotatable bonds is 7. The highest BCUT2D eigenvalue weighted by Crippen LogP contribution is 2.34. The number of aromatic nitrogens is 5. The van der Waals surface area contributed by atoms with Crippen molar-refractivity contribution < 1.29 is 14.3 Å². The van der Waals surface area contributed by atoms with Crippen molar-refractivity contribution in [1.82, 2.24) is 29.5 Å². The van der Waals surface area contributed by atoms with Crippen molar-refractivity contribution in [2.45, 2.75) is 26.3 Å². The van der Waals surface area contributed by atoms with Crippen LogP contribution in [0.1, 0.15) is 33.9 Å². The van der Waals surface area contributed by atoms with Crippen molar-refractivity contribution in [3.63, 3.8) is 0 Å². The minimum Gasteiger partial charge on any atom is -0.426 e. The fraction of sp³-hybridized carbons (Fsp3) is 0.189. The summed E-state index contributed by atoms with van der Waals surface area (Å²) in [6.07, 6.45) is 3.31. The van der Waals surface area contributed by atoms with E-state index < -0.39 is 5.91 Å². The number of esters is 1. The van der Waals surface area contributed by atoms with E-state index in [4.69, 9.17) is 15.5 Å². The number of nitrogens with zero attached hydrogens (tertiary/aromatic N) is 6. The summed E-state index contributed by atoms with van der Waals surface area (Å²) in [5, 5.41) is 5.82. The van der Waals surface area contributed by atoms with E-state index in [0.717, 1.165) is 81.9 Å². The molecule has 1 fully saturated rings. The largest absolute Gasteiger partial charge is 0.426 e. The maximum Gasteiger partial charge on any atom is 0.314 e. The molecular weight excluding hydrogens is 623 g/mol. The number of pyridine rings is 1. The molecule has 11 heteroatoms. The van der Waals surface area contributed by atoms with Gasteiger partial charge in [-0.25, -0.2) is 15.0 Å². The number of ether oxygens (including phenoxy) is 1. The van der Waals surface area contributed by atoms with Gasteiger partial charge in [-0.1, -0.05) is 54.6 Å². The SMILES string of the molecule is Cc1cc2ncc3cc(-c4ccccc4)c(-c4ccc(CN5CCC(C(=O)Oc6ccc7sc(C(N)=O)nc7c6)CC5)cc4)nc3n2n1. The van der Waals surface area contributed by atoms with Crippen molar-refractivity contribution in [2.75, 3.05) is 13.1 Å². The van der Waals surface area contributed by atoms with E-state index in [1.54, 1.807) is 18.2 Å². The van der Waals surface area contributed by atoms with Gasteiger partial charge in [-0.05, 0) is 62.2 Å². The lowest BCUT2D eigenvalue weighted by molar-refractivity contribution is -0.140.